The topological polar surface area (TPSA) is 89.5 Å². The molecular weight excluding hydrogens is 608 g/mol. The van der Waals surface area contributed by atoms with Crippen LogP contribution in [-0.2, 0) is 17.8 Å². The molecule has 0 radical (unpaired) electrons. The van der Waals surface area contributed by atoms with E-state index in [1.807, 2.05) is 12.1 Å². The molecule has 0 aliphatic heterocycles. The number of unbranched alkanes of at least 4 members (excludes halogenated alkanes) is 9. The molecule has 0 saturated carbocycles. The molecule has 0 atom stereocenters. The van der Waals surface area contributed by atoms with Crippen molar-refractivity contribution in [3.05, 3.63) is 82.2 Å². The lowest BCUT2D eigenvalue weighted by Crippen LogP contribution is -2.08. The molecule has 3 aromatic carbocycles. The maximum absolute atomic E-state index is 13.8. The van der Waals surface area contributed by atoms with Gasteiger partial charge in [0.05, 0.1) is 40.4 Å². The molecule has 0 spiro atoms. The molecule has 5 aromatic rings. The molecule has 0 bridgehead atoms. The van der Waals surface area contributed by atoms with Gasteiger partial charge in [-0.15, -0.1) is 0 Å². The molecule has 0 fully saturated rings. The zero-order chi connectivity index (χ0) is 33.7. The fraction of sp³-hybridized carbons (Fsp3) is 0.425. The van der Waals surface area contributed by atoms with Gasteiger partial charge in [-0.3, -0.25) is 4.79 Å². The van der Waals surface area contributed by atoms with Gasteiger partial charge in [0.25, 0.3) is 0 Å². The van der Waals surface area contributed by atoms with E-state index in [0.717, 1.165) is 43.4 Å². The van der Waals surface area contributed by atoms with Crippen molar-refractivity contribution in [2.45, 2.75) is 77.2 Å². The Balaban J connectivity index is 1.12. The Hall–Kier alpha value is -4.43. The predicted octanol–water partition coefficient (Wildman–Crippen LogP) is 9.90. The minimum absolute atomic E-state index is 0.0898. The molecule has 8 heteroatoms. The van der Waals surface area contributed by atoms with Gasteiger partial charge >= 0.3 is 0 Å². The van der Waals surface area contributed by atoms with Crippen LogP contribution >= 0.6 is 0 Å². The molecule has 0 aliphatic carbocycles. The van der Waals surface area contributed by atoms with Crippen LogP contribution in [0.3, 0.4) is 0 Å². The third kappa shape index (κ3) is 8.53. The van der Waals surface area contributed by atoms with Crippen molar-refractivity contribution in [3.63, 3.8) is 0 Å². The summed E-state index contributed by atoms with van der Waals surface area (Å²) in [5.74, 6) is 2.86. The number of furan rings is 1. The summed E-state index contributed by atoms with van der Waals surface area (Å²) in [4.78, 5) is 13.8. The number of benzene rings is 3. The van der Waals surface area contributed by atoms with Gasteiger partial charge in [-0.1, -0.05) is 81.7 Å². The van der Waals surface area contributed by atoms with E-state index in [2.05, 4.69) is 24.3 Å². The molecular formula is C40H48O8. The van der Waals surface area contributed by atoms with Crippen LogP contribution in [0.5, 0.6) is 23.0 Å². The van der Waals surface area contributed by atoms with E-state index >= 15 is 0 Å². The van der Waals surface area contributed by atoms with E-state index in [0.29, 0.717) is 46.0 Å². The van der Waals surface area contributed by atoms with Crippen molar-refractivity contribution in [2.24, 2.45) is 0 Å². The maximum atomic E-state index is 13.8. The molecule has 0 saturated heterocycles. The van der Waals surface area contributed by atoms with E-state index in [1.165, 1.54) is 57.6 Å². The molecule has 8 nitrogen and oxygen atoms in total. The number of methoxy groups -OCH3 is 4. The lowest BCUT2D eigenvalue weighted by Gasteiger charge is -2.13. The first-order valence-electron chi connectivity index (χ1n) is 17.1. The van der Waals surface area contributed by atoms with Crippen LogP contribution in [-0.4, -0.2) is 35.0 Å². The minimum Gasteiger partial charge on any atom is -0.496 e. The minimum atomic E-state index is -0.312. The lowest BCUT2D eigenvalue weighted by molar-refractivity contribution is 0.116. The highest BCUT2D eigenvalue weighted by Gasteiger charge is 2.24. The molecule has 0 N–H and O–H groups in total. The smallest absolute Gasteiger partial charge is 0.239 e. The van der Waals surface area contributed by atoms with Crippen molar-refractivity contribution in [1.82, 2.24) is 0 Å². The first-order chi connectivity index (χ1) is 23.6. The summed E-state index contributed by atoms with van der Waals surface area (Å²) in [6, 6.07) is 19.4. The summed E-state index contributed by atoms with van der Waals surface area (Å²) in [7, 11) is 6.19. The zero-order valence-corrected chi connectivity index (χ0v) is 28.7. The highest BCUT2D eigenvalue weighted by atomic mass is 16.5. The first-order valence-corrected chi connectivity index (χ1v) is 17.1. The fourth-order valence-electron chi connectivity index (χ4n) is 6.19. The van der Waals surface area contributed by atoms with E-state index < -0.39 is 0 Å². The van der Waals surface area contributed by atoms with Gasteiger partial charge in [0.1, 0.15) is 22.5 Å². The number of ether oxygens (including phenoxy) is 5. The molecule has 256 valence electrons. The van der Waals surface area contributed by atoms with E-state index in [9.17, 15) is 4.79 Å². The second-order valence-electron chi connectivity index (χ2n) is 12.1. The van der Waals surface area contributed by atoms with Crippen molar-refractivity contribution < 1.29 is 32.5 Å². The Bertz CT molecular complexity index is 1800. The van der Waals surface area contributed by atoms with Crippen molar-refractivity contribution in [1.29, 1.82) is 0 Å². The number of fused-ring (bicyclic) bond motifs is 3. The quantitative estimate of drug-likeness (QED) is 0.0765. The van der Waals surface area contributed by atoms with E-state index in [4.69, 9.17) is 32.5 Å². The summed E-state index contributed by atoms with van der Waals surface area (Å²) in [5, 5.41) is 1.08. The Morgan fingerprint density at radius 2 is 1.29 bits per heavy atom. The van der Waals surface area contributed by atoms with Gasteiger partial charge in [-0.25, -0.2) is 0 Å². The Morgan fingerprint density at radius 3 is 1.96 bits per heavy atom. The first kappa shape index (κ1) is 34.9. The normalized spacial score (nSPS) is 11.3. The highest BCUT2D eigenvalue weighted by molar-refractivity contribution is 6.06. The maximum Gasteiger partial charge on any atom is 0.239 e. The van der Waals surface area contributed by atoms with Crippen molar-refractivity contribution >= 4 is 21.9 Å². The van der Waals surface area contributed by atoms with Crippen LogP contribution in [0.15, 0.2) is 74.3 Å². The van der Waals surface area contributed by atoms with Crippen molar-refractivity contribution in [3.8, 4) is 34.3 Å². The molecule has 5 rings (SSSR count). The second kappa shape index (κ2) is 17.6. The zero-order valence-electron chi connectivity index (χ0n) is 28.7. The van der Waals surface area contributed by atoms with Crippen LogP contribution in [0.25, 0.3) is 33.3 Å². The van der Waals surface area contributed by atoms with Crippen LogP contribution in [0, 0.1) is 0 Å². The number of rotatable bonds is 20. The van der Waals surface area contributed by atoms with Gasteiger partial charge in [-0.2, -0.15) is 0 Å². The molecule has 0 amide bonds. The summed E-state index contributed by atoms with van der Waals surface area (Å²) >= 11 is 0. The number of hydrogen-bond donors (Lipinski definition) is 0. The van der Waals surface area contributed by atoms with E-state index in [-0.39, 0.29) is 16.9 Å². The second-order valence-corrected chi connectivity index (χ2v) is 12.1. The largest absolute Gasteiger partial charge is 0.496 e. The summed E-state index contributed by atoms with van der Waals surface area (Å²) < 4.78 is 40.5. The Morgan fingerprint density at radius 1 is 0.625 bits per heavy atom. The van der Waals surface area contributed by atoms with Crippen LogP contribution < -0.4 is 24.4 Å². The third-order valence-electron chi connectivity index (χ3n) is 8.78. The van der Waals surface area contributed by atoms with Gasteiger partial charge in [0.15, 0.2) is 22.8 Å². The summed E-state index contributed by atoms with van der Waals surface area (Å²) in [6.07, 6.45) is 12.9. The fourth-order valence-corrected chi connectivity index (χ4v) is 6.19. The van der Waals surface area contributed by atoms with Crippen LogP contribution in [0.1, 0.15) is 75.5 Å². The third-order valence-corrected chi connectivity index (χ3v) is 8.78. The number of hydrogen-bond acceptors (Lipinski definition) is 8. The molecule has 48 heavy (non-hydrogen) atoms. The van der Waals surface area contributed by atoms with Gasteiger partial charge in [0.2, 0.25) is 11.2 Å². The molecule has 0 aliphatic rings. The summed E-state index contributed by atoms with van der Waals surface area (Å²) in [5.41, 5.74) is 2.35. The summed E-state index contributed by atoms with van der Waals surface area (Å²) in [6.45, 7) is 1.55. The average Bonchev–Trinajstić information content (AvgIpc) is 3.55. The van der Waals surface area contributed by atoms with Gasteiger partial charge in [0, 0.05) is 24.7 Å². The van der Waals surface area contributed by atoms with Crippen molar-refractivity contribution in [2.75, 3.05) is 35.0 Å². The predicted molar refractivity (Wildman–Crippen MR) is 190 cm³/mol. The number of aryl methyl sites for hydroxylation is 1. The molecule has 2 heterocycles. The van der Waals surface area contributed by atoms with Gasteiger partial charge in [-0.05, 0) is 42.7 Å². The average molecular weight is 657 g/mol. The SMILES string of the molecule is COc1ccc(-c2oc3cc(OC)c4cc(CCCCCCCCCCCCOCc5ccccc5)oc4c3c(=O)c2OC)cc1OC. The Labute approximate surface area is 282 Å². The monoisotopic (exact) mass is 656 g/mol. The molecule has 2 aromatic heterocycles. The molecule has 0 unspecified atom stereocenters. The van der Waals surface area contributed by atoms with Crippen LogP contribution in [0.2, 0.25) is 0 Å². The Kier molecular flexibility index (Phi) is 12.8. The van der Waals surface area contributed by atoms with Gasteiger partial charge < -0.3 is 32.5 Å². The highest BCUT2D eigenvalue weighted by Crippen LogP contribution is 2.40. The van der Waals surface area contributed by atoms with Crippen LogP contribution in [0.4, 0.5) is 0 Å². The lowest BCUT2D eigenvalue weighted by atomic mass is 10.1. The van der Waals surface area contributed by atoms with E-state index in [1.54, 1.807) is 45.6 Å². The standard InChI is InChI=1S/C40H48O8/c1-42-32-22-21-29(24-34(32)44-3)38-40(45-4)37(41)36-35(48-38)26-33(43-2)31-25-30(47-39(31)36)20-16-11-9-7-5-6-8-10-12-17-23-46-27-28-18-14-13-15-19-28/h13-15,18-19,21-22,24-26H,5-12,16-17,20,23,27H2,1-4H3.